The molecule has 1 unspecified atom stereocenters. The first-order valence-electron chi connectivity index (χ1n) is 6.88. The SMILES string of the molecule is COc1cc(NC(C)c2ccc(N(C)C)cc2)ccc1F. The van der Waals surface area contributed by atoms with Crippen LogP contribution in [0.1, 0.15) is 18.5 Å². The molecule has 1 N–H and O–H groups in total. The zero-order valence-corrected chi connectivity index (χ0v) is 12.9. The number of hydrogen-bond donors (Lipinski definition) is 1. The van der Waals surface area contributed by atoms with Gasteiger partial charge in [-0.3, -0.25) is 0 Å². The fourth-order valence-electron chi connectivity index (χ4n) is 2.14. The molecule has 0 amide bonds. The summed E-state index contributed by atoms with van der Waals surface area (Å²) in [7, 11) is 5.49. The van der Waals surface area contributed by atoms with Crippen molar-refractivity contribution in [3.63, 3.8) is 0 Å². The van der Waals surface area contributed by atoms with Crippen LogP contribution in [0.5, 0.6) is 5.75 Å². The molecule has 0 heterocycles. The number of hydrogen-bond acceptors (Lipinski definition) is 3. The minimum Gasteiger partial charge on any atom is -0.494 e. The van der Waals surface area contributed by atoms with Crippen molar-refractivity contribution in [1.29, 1.82) is 0 Å². The molecule has 0 aliphatic rings. The van der Waals surface area contributed by atoms with Crippen LogP contribution in [0, 0.1) is 5.82 Å². The van der Waals surface area contributed by atoms with Gasteiger partial charge < -0.3 is 15.0 Å². The monoisotopic (exact) mass is 288 g/mol. The van der Waals surface area contributed by atoms with Crippen LogP contribution >= 0.6 is 0 Å². The molecule has 0 saturated heterocycles. The van der Waals surface area contributed by atoms with Gasteiger partial charge in [-0.1, -0.05) is 12.1 Å². The van der Waals surface area contributed by atoms with E-state index in [1.165, 1.54) is 18.7 Å². The largest absolute Gasteiger partial charge is 0.494 e. The Hall–Kier alpha value is -2.23. The Kier molecular flexibility index (Phi) is 4.68. The summed E-state index contributed by atoms with van der Waals surface area (Å²) in [6.45, 7) is 2.07. The summed E-state index contributed by atoms with van der Waals surface area (Å²) in [5.41, 5.74) is 3.16. The maximum absolute atomic E-state index is 13.4. The van der Waals surface area contributed by atoms with Gasteiger partial charge in [-0.25, -0.2) is 4.39 Å². The molecule has 0 aromatic heterocycles. The van der Waals surface area contributed by atoms with E-state index in [2.05, 4.69) is 41.4 Å². The van der Waals surface area contributed by atoms with Crippen molar-refractivity contribution < 1.29 is 9.13 Å². The zero-order chi connectivity index (χ0) is 15.4. The molecule has 2 aromatic rings. The Morgan fingerprint density at radius 3 is 2.33 bits per heavy atom. The molecule has 2 rings (SSSR count). The van der Waals surface area contributed by atoms with Crippen molar-refractivity contribution in [3.8, 4) is 5.75 Å². The average molecular weight is 288 g/mol. The predicted molar refractivity (Wildman–Crippen MR) is 85.8 cm³/mol. The first kappa shape index (κ1) is 15.2. The van der Waals surface area contributed by atoms with Crippen molar-refractivity contribution in [2.24, 2.45) is 0 Å². The van der Waals surface area contributed by atoms with Crippen LogP contribution in [0.4, 0.5) is 15.8 Å². The molecular weight excluding hydrogens is 267 g/mol. The van der Waals surface area contributed by atoms with Gasteiger partial charge >= 0.3 is 0 Å². The van der Waals surface area contributed by atoms with Crippen LogP contribution in [0.3, 0.4) is 0 Å². The van der Waals surface area contributed by atoms with Gasteiger partial charge in [0.1, 0.15) is 0 Å². The van der Waals surface area contributed by atoms with E-state index in [0.717, 1.165) is 11.4 Å². The highest BCUT2D eigenvalue weighted by Crippen LogP contribution is 2.26. The summed E-state index contributed by atoms with van der Waals surface area (Å²) in [4.78, 5) is 2.06. The second kappa shape index (κ2) is 6.48. The zero-order valence-electron chi connectivity index (χ0n) is 12.9. The molecule has 0 aliphatic carbocycles. The lowest BCUT2D eigenvalue weighted by Gasteiger charge is -2.18. The molecule has 4 heteroatoms. The van der Waals surface area contributed by atoms with Crippen LogP contribution < -0.4 is 15.0 Å². The van der Waals surface area contributed by atoms with E-state index in [4.69, 9.17) is 4.74 Å². The third-order valence-electron chi connectivity index (χ3n) is 3.44. The third kappa shape index (κ3) is 3.66. The highest BCUT2D eigenvalue weighted by molar-refractivity contribution is 5.52. The summed E-state index contributed by atoms with van der Waals surface area (Å²) >= 11 is 0. The van der Waals surface area contributed by atoms with Crippen LogP contribution in [0.2, 0.25) is 0 Å². The average Bonchev–Trinajstić information content (AvgIpc) is 2.49. The topological polar surface area (TPSA) is 24.5 Å². The van der Waals surface area contributed by atoms with Gasteiger partial charge in [0.25, 0.3) is 0 Å². The van der Waals surface area contributed by atoms with Gasteiger partial charge in [-0.15, -0.1) is 0 Å². The van der Waals surface area contributed by atoms with Gasteiger partial charge in [-0.05, 0) is 36.8 Å². The van der Waals surface area contributed by atoms with Gasteiger partial charge in [-0.2, -0.15) is 0 Å². The minimum atomic E-state index is -0.356. The number of rotatable bonds is 5. The summed E-state index contributed by atoms with van der Waals surface area (Å²) in [6.07, 6.45) is 0. The molecule has 0 radical (unpaired) electrons. The maximum Gasteiger partial charge on any atom is 0.165 e. The molecule has 3 nitrogen and oxygen atoms in total. The van der Waals surface area contributed by atoms with Gasteiger partial charge in [0.05, 0.1) is 7.11 Å². The highest BCUT2D eigenvalue weighted by Gasteiger charge is 2.08. The Labute approximate surface area is 125 Å². The lowest BCUT2D eigenvalue weighted by atomic mass is 10.1. The van der Waals surface area contributed by atoms with E-state index in [1.54, 1.807) is 12.1 Å². The molecule has 2 aromatic carbocycles. The molecule has 0 spiro atoms. The van der Waals surface area contributed by atoms with Crippen molar-refractivity contribution in [3.05, 3.63) is 53.8 Å². The van der Waals surface area contributed by atoms with Crippen molar-refractivity contribution >= 4 is 11.4 Å². The maximum atomic E-state index is 13.4. The molecule has 0 aliphatic heterocycles. The number of halogens is 1. The fraction of sp³-hybridized carbons (Fsp3) is 0.294. The summed E-state index contributed by atoms with van der Waals surface area (Å²) in [6, 6.07) is 13.3. The second-order valence-corrected chi connectivity index (χ2v) is 5.20. The molecule has 21 heavy (non-hydrogen) atoms. The Bertz CT molecular complexity index is 596. The van der Waals surface area contributed by atoms with Gasteiger partial charge in [0.15, 0.2) is 11.6 Å². The minimum absolute atomic E-state index is 0.122. The second-order valence-electron chi connectivity index (χ2n) is 5.20. The van der Waals surface area contributed by atoms with Crippen molar-refractivity contribution in [2.75, 3.05) is 31.4 Å². The number of methoxy groups -OCH3 is 1. The normalized spacial score (nSPS) is 11.9. The predicted octanol–water partition coefficient (Wildman–Crippen LogP) is 4.07. The lowest BCUT2D eigenvalue weighted by molar-refractivity contribution is 0.387. The van der Waals surface area contributed by atoms with E-state index >= 15 is 0 Å². The number of benzene rings is 2. The van der Waals surface area contributed by atoms with Crippen molar-refractivity contribution in [2.45, 2.75) is 13.0 Å². The summed E-state index contributed by atoms with van der Waals surface area (Å²) < 4.78 is 18.4. The molecular formula is C17H21FN2O. The number of ether oxygens (including phenoxy) is 1. The van der Waals surface area contributed by atoms with Crippen LogP contribution in [-0.4, -0.2) is 21.2 Å². The number of anilines is 2. The lowest BCUT2D eigenvalue weighted by Crippen LogP contribution is -2.10. The van der Waals surface area contributed by atoms with E-state index in [0.29, 0.717) is 0 Å². The highest BCUT2D eigenvalue weighted by atomic mass is 19.1. The van der Waals surface area contributed by atoms with E-state index in [9.17, 15) is 4.39 Å². The fourth-order valence-corrected chi connectivity index (χ4v) is 2.14. The number of nitrogens with zero attached hydrogens (tertiary/aromatic N) is 1. The van der Waals surface area contributed by atoms with E-state index in [-0.39, 0.29) is 17.6 Å². The van der Waals surface area contributed by atoms with E-state index in [1.807, 2.05) is 14.1 Å². The Morgan fingerprint density at radius 1 is 1.10 bits per heavy atom. The van der Waals surface area contributed by atoms with E-state index < -0.39 is 0 Å². The number of nitrogens with one attached hydrogen (secondary N) is 1. The van der Waals surface area contributed by atoms with Crippen LogP contribution in [0.15, 0.2) is 42.5 Å². The summed E-state index contributed by atoms with van der Waals surface area (Å²) in [5, 5.41) is 3.35. The van der Waals surface area contributed by atoms with Crippen LogP contribution in [-0.2, 0) is 0 Å². The Morgan fingerprint density at radius 2 is 1.76 bits per heavy atom. The Balaban J connectivity index is 2.12. The summed E-state index contributed by atoms with van der Waals surface area (Å²) in [5.74, 6) is -0.110. The third-order valence-corrected chi connectivity index (χ3v) is 3.44. The molecule has 0 fully saturated rings. The molecule has 0 saturated carbocycles. The first-order chi connectivity index (χ1) is 10.0. The first-order valence-corrected chi connectivity index (χ1v) is 6.88. The van der Waals surface area contributed by atoms with Gasteiger partial charge in [0.2, 0.25) is 0 Å². The molecule has 0 bridgehead atoms. The smallest absolute Gasteiger partial charge is 0.165 e. The quantitative estimate of drug-likeness (QED) is 0.897. The molecule has 1 atom stereocenters. The van der Waals surface area contributed by atoms with Crippen molar-refractivity contribution in [1.82, 2.24) is 0 Å². The standard InChI is InChI=1S/C17H21FN2O/c1-12(13-5-8-15(9-6-13)20(2)3)19-14-7-10-16(18)17(11-14)21-4/h5-12,19H,1-4H3. The molecule has 112 valence electrons. The van der Waals surface area contributed by atoms with Gasteiger partial charge in [0, 0.05) is 37.6 Å². The van der Waals surface area contributed by atoms with Crippen LogP contribution in [0.25, 0.3) is 0 Å².